The maximum atomic E-state index is 6.24. The van der Waals surface area contributed by atoms with E-state index in [1.807, 2.05) is 0 Å². The molecular weight excluding hydrogens is 178 g/mol. The van der Waals surface area contributed by atoms with E-state index >= 15 is 0 Å². The molecule has 3 heteroatoms. The fourth-order valence-electron chi connectivity index (χ4n) is 2.06. The van der Waals surface area contributed by atoms with Crippen LogP contribution in [-0.2, 0) is 9.47 Å². The zero-order chi connectivity index (χ0) is 10.6. The number of nitrogens with two attached hydrogens (primary N) is 1. The van der Waals surface area contributed by atoms with E-state index in [0.29, 0.717) is 5.92 Å². The molecule has 1 heterocycles. The van der Waals surface area contributed by atoms with Gasteiger partial charge in [0.1, 0.15) is 0 Å². The molecule has 1 saturated heterocycles. The first-order chi connectivity index (χ1) is 6.64. The maximum absolute atomic E-state index is 6.24. The van der Waals surface area contributed by atoms with Crippen molar-refractivity contribution in [2.45, 2.75) is 44.8 Å². The summed E-state index contributed by atoms with van der Waals surface area (Å²) in [4.78, 5) is 0. The van der Waals surface area contributed by atoms with Crippen LogP contribution in [0, 0.1) is 5.92 Å². The van der Waals surface area contributed by atoms with Crippen molar-refractivity contribution >= 4 is 0 Å². The van der Waals surface area contributed by atoms with Gasteiger partial charge in [0.15, 0.2) is 0 Å². The summed E-state index contributed by atoms with van der Waals surface area (Å²) in [7, 11) is 1.74. The van der Waals surface area contributed by atoms with Crippen LogP contribution in [0.3, 0.4) is 0 Å². The van der Waals surface area contributed by atoms with Crippen LogP contribution in [0.2, 0.25) is 0 Å². The van der Waals surface area contributed by atoms with Gasteiger partial charge in [-0.25, -0.2) is 0 Å². The Bertz CT molecular complexity index is 163. The van der Waals surface area contributed by atoms with Crippen molar-refractivity contribution in [3.05, 3.63) is 0 Å². The molecule has 1 aliphatic rings. The van der Waals surface area contributed by atoms with Crippen LogP contribution in [0.1, 0.15) is 33.1 Å². The lowest BCUT2D eigenvalue weighted by molar-refractivity contribution is -0.0581. The molecule has 14 heavy (non-hydrogen) atoms. The summed E-state index contributed by atoms with van der Waals surface area (Å²) in [6.07, 6.45) is 3.24. The minimum absolute atomic E-state index is 0.0813. The monoisotopic (exact) mass is 201 g/mol. The molecule has 1 aliphatic heterocycles. The second-order valence-corrected chi connectivity index (χ2v) is 4.37. The second-order valence-electron chi connectivity index (χ2n) is 4.37. The van der Waals surface area contributed by atoms with Gasteiger partial charge in [-0.1, -0.05) is 6.92 Å². The van der Waals surface area contributed by atoms with Gasteiger partial charge in [-0.15, -0.1) is 0 Å². The average Bonchev–Trinajstić information content (AvgIpc) is 2.28. The third-order valence-corrected chi connectivity index (χ3v) is 3.58. The lowest BCUT2D eigenvalue weighted by Gasteiger charge is -2.39. The molecule has 0 aromatic rings. The molecule has 1 rings (SSSR count). The molecule has 0 aromatic heterocycles. The Balaban J connectivity index is 2.56. The maximum Gasteiger partial charge on any atom is 0.0801 e. The average molecular weight is 201 g/mol. The fourth-order valence-corrected chi connectivity index (χ4v) is 2.06. The van der Waals surface area contributed by atoms with Crippen LogP contribution >= 0.6 is 0 Å². The van der Waals surface area contributed by atoms with Crippen molar-refractivity contribution in [3.63, 3.8) is 0 Å². The number of ether oxygens (including phenoxy) is 2. The molecule has 0 radical (unpaired) electrons. The molecule has 84 valence electrons. The van der Waals surface area contributed by atoms with Gasteiger partial charge in [0.25, 0.3) is 0 Å². The summed E-state index contributed by atoms with van der Waals surface area (Å²) >= 11 is 0. The van der Waals surface area contributed by atoms with Crippen LogP contribution in [-0.4, -0.2) is 32.0 Å². The van der Waals surface area contributed by atoms with E-state index < -0.39 is 0 Å². The Morgan fingerprint density at radius 2 is 2.36 bits per heavy atom. The van der Waals surface area contributed by atoms with Gasteiger partial charge in [-0.2, -0.15) is 0 Å². The van der Waals surface area contributed by atoms with Crippen LogP contribution in [0.25, 0.3) is 0 Å². The largest absolute Gasteiger partial charge is 0.381 e. The minimum Gasteiger partial charge on any atom is -0.381 e. The first-order valence-corrected chi connectivity index (χ1v) is 5.52. The van der Waals surface area contributed by atoms with Crippen molar-refractivity contribution in [2.24, 2.45) is 11.7 Å². The predicted molar refractivity (Wildman–Crippen MR) is 57.2 cm³/mol. The molecule has 0 amide bonds. The van der Waals surface area contributed by atoms with Crippen molar-refractivity contribution < 1.29 is 9.47 Å². The van der Waals surface area contributed by atoms with Gasteiger partial charge >= 0.3 is 0 Å². The highest BCUT2D eigenvalue weighted by Crippen LogP contribution is 2.27. The molecule has 0 spiro atoms. The molecule has 3 unspecified atom stereocenters. The second kappa shape index (κ2) is 5.10. The van der Waals surface area contributed by atoms with Gasteiger partial charge < -0.3 is 15.2 Å². The summed E-state index contributed by atoms with van der Waals surface area (Å²) in [6.45, 7) is 5.89. The third kappa shape index (κ3) is 2.47. The van der Waals surface area contributed by atoms with Gasteiger partial charge in [0.05, 0.1) is 12.2 Å². The van der Waals surface area contributed by atoms with Crippen LogP contribution in [0.5, 0.6) is 0 Å². The van der Waals surface area contributed by atoms with E-state index in [1.54, 1.807) is 7.11 Å². The van der Waals surface area contributed by atoms with Crippen LogP contribution in [0.4, 0.5) is 0 Å². The molecule has 0 aliphatic carbocycles. The highest BCUT2D eigenvalue weighted by molar-refractivity contribution is 4.91. The Kier molecular flexibility index (Phi) is 4.35. The molecule has 2 N–H and O–H groups in total. The molecule has 3 nitrogen and oxygen atoms in total. The van der Waals surface area contributed by atoms with Gasteiger partial charge in [-0.05, 0) is 26.2 Å². The van der Waals surface area contributed by atoms with E-state index in [9.17, 15) is 0 Å². The van der Waals surface area contributed by atoms with Crippen molar-refractivity contribution in [1.29, 1.82) is 0 Å². The zero-order valence-corrected chi connectivity index (χ0v) is 9.58. The minimum atomic E-state index is -0.203. The Hall–Kier alpha value is -0.120. The lowest BCUT2D eigenvalue weighted by Crippen LogP contribution is -2.53. The van der Waals surface area contributed by atoms with Crippen LogP contribution in [0.15, 0.2) is 0 Å². The normalized spacial score (nSPS) is 29.6. The van der Waals surface area contributed by atoms with Gasteiger partial charge in [0, 0.05) is 25.7 Å². The zero-order valence-electron chi connectivity index (χ0n) is 9.58. The van der Waals surface area contributed by atoms with Crippen molar-refractivity contribution in [1.82, 2.24) is 0 Å². The number of hydrogen-bond donors (Lipinski definition) is 1. The fraction of sp³-hybridized carbons (Fsp3) is 1.00. The van der Waals surface area contributed by atoms with Gasteiger partial charge in [0.2, 0.25) is 0 Å². The van der Waals surface area contributed by atoms with E-state index in [1.165, 1.54) is 6.42 Å². The lowest BCUT2D eigenvalue weighted by atomic mass is 9.82. The standard InChI is InChI=1S/C11H23NO2/c1-4-11(2,13-3)10(12)9-6-5-7-14-8-9/h9-10H,4-8,12H2,1-3H3. The molecular formula is C11H23NO2. The van der Waals surface area contributed by atoms with E-state index in [0.717, 1.165) is 26.1 Å². The Morgan fingerprint density at radius 1 is 1.64 bits per heavy atom. The summed E-state index contributed by atoms with van der Waals surface area (Å²) in [5.41, 5.74) is 6.04. The quantitative estimate of drug-likeness (QED) is 0.750. The molecule has 0 saturated carbocycles. The summed E-state index contributed by atoms with van der Waals surface area (Å²) < 4.78 is 11.0. The van der Waals surface area contributed by atoms with E-state index in [-0.39, 0.29) is 11.6 Å². The van der Waals surface area contributed by atoms with Crippen molar-refractivity contribution in [3.8, 4) is 0 Å². The molecule has 0 bridgehead atoms. The first-order valence-electron chi connectivity index (χ1n) is 5.52. The molecule has 3 atom stereocenters. The van der Waals surface area contributed by atoms with Gasteiger partial charge in [-0.3, -0.25) is 0 Å². The number of hydrogen-bond acceptors (Lipinski definition) is 3. The first kappa shape index (κ1) is 12.0. The number of methoxy groups -OCH3 is 1. The van der Waals surface area contributed by atoms with Crippen molar-refractivity contribution in [2.75, 3.05) is 20.3 Å². The van der Waals surface area contributed by atoms with Crippen LogP contribution < -0.4 is 5.73 Å². The third-order valence-electron chi connectivity index (χ3n) is 3.58. The molecule has 1 fully saturated rings. The SMILES string of the molecule is CCC(C)(OC)C(N)C1CCCOC1. The number of rotatable bonds is 4. The summed E-state index contributed by atoms with van der Waals surface area (Å²) in [5, 5.41) is 0. The molecule has 0 aromatic carbocycles. The van der Waals surface area contributed by atoms with E-state index in [4.69, 9.17) is 15.2 Å². The summed E-state index contributed by atoms with van der Waals surface area (Å²) in [6, 6.07) is 0.0813. The smallest absolute Gasteiger partial charge is 0.0801 e. The highest BCUT2D eigenvalue weighted by Gasteiger charge is 2.36. The summed E-state index contributed by atoms with van der Waals surface area (Å²) in [5.74, 6) is 0.452. The Morgan fingerprint density at radius 3 is 2.79 bits per heavy atom. The topological polar surface area (TPSA) is 44.5 Å². The Labute approximate surface area is 86.9 Å². The highest BCUT2D eigenvalue weighted by atomic mass is 16.5. The van der Waals surface area contributed by atoms with E-state index in [2.05, 4.69) is 13.8 Å². The predicted octanol–water partition coefficient (Wildman–Crippen LogP) is 1.56.